The Hall–Kier alpha value is -2.60. The van der Waals surface area contributed by atoms with Gasteiger partial charge in [0, 0.05) is 23.8 Å². The second kappa shape index (κ2) is 6.72. The lowest BCUT2D eigenvalue weighted by Crippen LogP contribution is -2.41. The predicted molar refractivity (Wildman–Crippen MR) is 96.5 cm³/mol. The molecule has 1 aliphatic rings. The van der Waals surface area contributed by atoms with Gasteiger partial charge in [0.25, 0.3) is 0 Å². The van der Waals surface area contributed by atoms with Crippen LogP contribution in [-0.2, 0) is 24.3 Å². The Morgan fingerprint density at radius 1 is 1.36 bits per heavy atom. The van der Waals surface area contributed by atoms with Crippen molar-refractivity contribution in [3.63, 3.8) is 0 Å². The molecule has 0 N–H and O–H groups in total. The van der Waals surface area contributed by atoms with Crippen LogP contribution in [0.4, 0.5) is 0 Å². The van der Waals surface area contributed by atoms with Gasteiger partial charge in [-0.1, -0.05) is 18.2 Å². The Bertz CT molecular complexity index is 872. The van der Waals surface area contributed by atoms with Gasteiger partial charge in [0.2, 0.25) is 5.91 Å². The quantitative estimate of drug-likeness (QED) is 0.723. The number of ether oxygens (including phenoxy) is 1. The molecule has 5 nitrogen and oxygen atoms in total. The van der Waals surface area contributed by atoms with Crippen LogP contribution in [0.5, 0.6) is 5.75 Å². The minimum atomic E-state index is -0.0238. The summed E-state index contributed by atoms with van der Waals surface area (Å²) in [6, 6.07) is 11.9. The van der Waals surface area contributed by atoms with E-state index in [1.807, 2.05) is 46.8 Å². The number of amides is 1. The van der Waals surface area contributed by atoms with Crippen LogP contribution >= 0.6 is 11.3 Å². The van der Waals surface area contributed by atoms with Crippen molar-refractivity contribution >= 4 is 17.2 Å². The third-order valence-corrected chi connectivity index (χ3v) is 5.44. The van der Waals surface area contributed by atoms with Gasteiger partial charge in [-0.25, -0.2) is 4.98 Å². The second-order valence-electron chi connectivity index (χ2n) is 6.07. The Morgan fingerprint density at radius 3 is 3.08 bits per heavy atom. The van der Waals surface area contributed by atoms with Crippen molar-refractivity contribution in [2.45, 2.75) is 25.6 Å². The number of hydrogen-bond acceptors (Lipinski definition) is 4. The van der Waals surface area contributed by atoms with Gasteiger partial charge in [-0.3, -0.25) is 4.79 Å². The van der Waals surface area contributed by atoms with Gasteiger partial charge in [-0.2, -0.15) is 0 Å². The minimum Gasteiger partial charge on any atom is -0.497 e. The zero-order chi connectivity index (χ0) is 17.2. The Labute approximate surface area is 150 Å². The molecule has 0 saturated carbocycles. The van der Waals surface area contributed by atoms with E-state index in [4.69, 9.17) is 4.74 Å². The summed E-state index contributed by atoms with van der Waals surface area (Å²) in [5.41, 5.74) is 1.08. The number of nitrogens with zero attached hydrogens (tertiary/aromatic N) is 3. The molecule has 0 aliphatic carbocycles. The minimum absolute atomic E-state index is 0.0238. The highest BCUT2D eigenvalue weighted by Gasteiger charge is 2.31. The van der Waals surface area contributed by atoms with Crippen LogP contribution in [0.2, 0.25) is 0 Å². The summed E-state index contributed by atoms with van der Waals surface area (Å²) in [5.74, 6) is 1.86. The fraction of sp³-hybridized carbons (Fsp3) is 0.263. The molecule has 3 heterocycles. The molecule has 0 fully saturated rings. The lowest BCUT2D eigenvalue weighted by Gasteiger charge is -2.36. The highest BCUT2D eigenvalue weighted by molar-refractivity contribution is 7.10. The Balaban J connectivity index is 1.66. The Morgan fingerprint density at radius 2 is 2.28 bits per heavy atom. The molecule has 1 amide bonds. The summed E-state index contributed by atoms with van der Waals surface area (Å²) in [7, 11) is 1.66. The van der Waals surface area contributed by atoms with E-state index < -0.39 is 0 Å². The van der Waals surface area contributed by atoms with E-state index in [9.17, 15) is 4.79 Å². The van der Waals surface area contributed by atoms with Crippen molar-refractivity contribution in [2.75, 3.05) is 7.11 Å². The standard InChI is InChI=1S/C19H19N3O2S/c1-24-15-5-2-4-14(10-15)17-12-21-8-7-20-18(21)13-22(17)19(23)11-16-6-3-9-25-16/h2-10,17H,11-13H2,1H3/t17-/m0/s1. The highest BCUT2D eigenvalue weighted by Crippen LogP contribution is 2.31. The molecule has 1 atom stereocenters. The first-order valence-corrected chi connectivity index (χ1v) is 9.08. The number of imidazole rings is 1. The fourth-order valence-electron chi connectivity index (χ4n) is 3.27. The molecule has 0 spiro atoms. The summed E-state index contributed by atoms with van der Waals surface area (Å²) < 4.78 is 7.48. The SMILES string of the molecule is COc1cccc([C@@H]2Cn3ccnc3CN2C(=O)Cc2cccs2)c1. The van der Waals surface area contributed by atoms with Crippen LogP contribution in [0.1, 0.15) is 22.3 Å². The van der Waals surface area contributed by atoms with Crippen LogP contribution in [0.25, 0.3) is 0 Å². The van der Waals surface area contributed by atoms with Crippen LogP contribution in [0.15, 0.2) is 54.2 Å². The number of carbonyl (C=O) groups excluding carboxylic acids is 1. The molecule has 128 valence electrons. The van der Waals surface area contributed by atoms with Gasteiger partial charge >= 0.3 is 0 Å². The largest absolute Gasteiger partial charge is 0.497 e. The molecule has 25 heavy (non-hydrogen) atoms. The molecular weight excluding hydrogens is 334 g/mol. The maximum atomic E-state index is 13.0. The van der Waals surface area contributed by atoms with E-state index >= 15 is 0 Å². The maximum absolute atomic E-state index is 13.0. The molecule has 1 aromatic carbocycles. The van der Waals surface area contributed by atoms with Gasteiger partial charge in [-0.05, 0) is 29.1 Å². The molecule has 6 heteroatoms. The summed E-state index contributed by atoms with van der Waals surface area (Å²) in [5, 5.41) is 2.01. The number of thiophene rings is 1. The second-order valence-corrected chi connectivity index (χ2v) is 7.10. The highest BCUT2D eigenvalue weighted by atomic mass is 32.1. The van der Waals surface area contributed by atoms with Crippen molar-refractivity contribution < 1.29 is 9.53 Å². The van der Waals surface area contributed by atoms with Gasteiger partial charge in [0.15, 0.2) is 0 Å². The number of fused-ring (bicyclic) bond motifs is 1. The molecule has 0 unspecified atom stereocenters. The third-order valence-electron chi connectivity index (χ3n) is 4.56. The average molecular weight is 353 g/mol. The van der Waals surface area contributed by atoms with Crippen molar-refractivity contribution in [1.82, 2.24) is 14.5 Å². The molecular formula is C19H19N3O2S. The number of hydrogen-bond donors (Lipinski definition) is 0. The molecule has 0 saturated heterocycles. The number of benzene rings is 1. The van der Waals surface area contributed by atoms with Crippen molar-refractivity contribution in [3.8, 4) is 5.75 Å². The van der Waals surface area contributed by atoms with Crippen LogP contribution in [0, 0.1) is 0 Å². The van der Waals surface area contributed by atoms with E-state index in [1.54, 1.807) is 24.6 Å². The number of rotatable bonds is 4. The summed E-state index contributed by atoms with van der Waals surface area (Å²) >= 11 is 1.62. The van der Waals surface area contributed by atoms with E-state index in [2.05, 4.69) is 15.6 Å². The first-order valence-electron chi connectivity index (χ1n) is 8.20. The molecule has 4 rings (SSSR count). The smallest absolute Gasteiger partial charge is 0.228 e. The normalized spacial score (nSPS) is 16.5. The van der Waals surface area contributed by atoms with Crippen LogP contribution < -0.4 is 4.74 Å². The van der Waals surface area contributed by atoms with E-state index in [0.29, 0.717) is 19.5 Å². The first kappa shape index (κ1) is 15.9. The Kier molecular flexibility index (Phi) is 4.28. The molecule has 0 bridgehead atoms. The summed E-state index contributed by atoms with van der Waals surface area (Å²) in [6.07, 6.45) is 4.20. The van der Waals surface area contributed by atoms with Crippen molar-refractivity contribution in [2.24, 2.45) is 0 Å². The number of aromatic nitrogens is 2. The summed E-state index contributed by atoms with van der Waals surface area (Å²) in [4.78, 5) is 20.4. The zero-order valence-corrected chi connectivity index (χ0v) is 14.8. The van der Waals surface area contributed by atoms with Gasteiger partial charge in [0.05, 0.1) is 26.1 Å². The van der Waals surface area contributed by atoms with E-state index in [0.717, 1.165) is 22.0 Å². The summed E-state index contributed by atoms with van der Waals surface area (Å²) in [6.45, 7) is 1.23. The first-order chi connectivity index (χ1) is 12.2. The topological polar surface area (TPSA) is 47.4 Å². The molecule has 3 aromatic rings. The fourth-order valence-corrected chi connectivity index (χ4v) is 3.96. The monoisotopic (exact) mass is 353 g/mol. The lowest BCUT2D eigenvalue weighted by atomic mass is 10.0. The van der Waals surface area contributed by atoms with E-state index in [1.165, 1.54) is 0 Å². The zero-order valence-electron chi connectivity index (χ0n) is 14.0. The van der Waals surface area contributed by atoms with Crippen LogP contribution in [-0.4, -0.2) is 27.5 Å². The van der Waals surface area contributed by atoms with Gasteiger partial charge in [-0.15, -0.1) is 11.3 Å². The number of carbonyl (C=O) groups is 1. The average Bonchev–Trinajstić information content (AvgIpc) is 3.31. The van der Waals surface area contributed by atoms with Crippen LogP contribution in [0.3, 0.4) is 0 Å². The molecule has 1 aliphatic heterocycles. The van der Waals surface area contributed by atoms with Gasteiger partial charge in [0.1, 0.15) is 11.6 Å². The predicted octanol–water partition coefficient (Wildman–Crippen LogP) is 3.28. The molecule has 2 aromatic heterocycles. The number of methoxy groups -OCH3 is 1. The van der Waals surface area contributed by atoms with Crippen molar-refractivity contribution in [3.05, 3.63) is 70.4 Å². The molecule has 0 radical (unpaired) electrons. The van der Waals surface area contributed by atoms with Gasteiger partial charge < -0.3 is 14.2 Å². The van der Waals surface area contributed by atoms with E-state index in [-0.39, 0.29) is 11.9 Å². The third kappa shape index (κ3) is 3.17. The van der Waals surface area contributed by atoms with Crippen molar-refractivity contribution in [1.29, 1.82) is 0 Å². The lowest BCUT2D eigenvalue weighted by molar-refractivity contribution is -0.135. The maximum Gasteiger partial charge on any atom is 0.228 e.